The Kier molecular flexibility index (Phi) is 3.78. The molecule has 108 valence electrons. The zero-order valence-electron chi connectivity index (χ0n) is 12.2. The Labute approximate surface area is 125 Å². The van der Waals surface area contributed by atoms with Gasteiger partial charge in [-0.05, 0) is 49.6 Å². The summed E-state index contributed by atoms with van der Waals surface area (Å²) in [4.78, 5) is 0. The van der Waals surface area contributed by atoms with Crippen LogP contribution >= 0.6 is 11.6 Å². The number of nitrogens with one attached hydrogen (secondary N) is 1. The van der Waals surface area contributed by atoms with Gasteiger partial charge in [-0.1, -0.05) is 37.8 Å². The number of furan rings is 1. The average molecular weight is 292 g/mol. The molecule has 1 aliphatic carbocycles. The van der Waals surface area contributed by atoms with E-state index in [-0.39, 0.29) is 11.5 Å². The molecule has 0 spiro atoms. The summed E-state index contributed by atoms with van der Waals surface area (Å²) in [7, 11) is 2.03. The minimum Gasteiger partial charge on any atom is -0.459 e. The van der Waals surface area contributed by atoms with Crippen LogP contribution in [0.25, 0.3) is 11.0 Å². The molecule has 1 fully saturated rings. The highest BCUT2D eigenvalue weighted by Crippen LogP contribution is 2.46. The Morgan fingerprint density at radius 3 is 2.65 bits per heavy atom. The lowest BCUT2D eigenvalue weighted by atomic mass is 9.70. The van der Waals surface area contributed by atoms with Gasteiger partial charge in [0.15, 0.2) is 0 Å². The van der Waals surface area contributed by atoms with Crippen molar-refractivity contribution in [2.45, 2.75) is 45.1 Å². The highest BCUT2D eigenvalue weighted by molar-refractivity contribution is 6.31. The van der Waals surface area contributed by atoms with Crippen LogP contribution in [0.2, 0.25) is 5.02 Å². The molecule has 2 nitrogen and oxygen atoms in total. The first-order chi connectivity index (χ1) is 9.62. The summed E-state index contributed by atoms with van der Waals surface area (Å²) in [6, 6.07) is 8.22. The minimum absolute atomic E-state index is 0.272. The Balaban J connectivity index is 1.98. The molecular weight excluding hydrogens is 270 g/mol. The molecule has 0 amide bonds. The topological polar surface area (TPSA) is 25.2 Å². The van der Waals surface area contributed by atoms with Crippen molar-refractivity contribution < 1.29 is 4.42 Å². The fourth-order valence-electron chi connectivity index (χ4n) is 3.66. The number of hydrogen-bond donors (Lipinski definition) is 1. The zero-order chi connectivity index (χ0) is 14.2. The van der Waals surface area contributed by atoms with Crippen molar-refractivity contribution in [3.8, 4) is 0 Å². The van der Waals surface area contributed by atoms with Crippen LogP contribution in [0.1, 0.15) is 50.8 Å². The summed E-state index contributed by atoms with van der Waals surface area (Å²) in [6.07, 6.45) is 6.52. The standard InChI is InChI=1S/C17H22ClNO/c1-17(8-4-3-5-9-17)16(19-2)15-11-12-10-13(18)6-7-14(12)20-15/h6-7,10-11,16,19H,3-5,8-9H2,1-2H3. The predicted molar refractivity (Wildman–Crippen MR) is 84.2 cm³/mol. The molecule has 0 aliphatic heterocycles. The molecule has 0 saturated heterocycles. The third-order valence-electron chi connectivity index (χ3n) is 4.76. The largest absolute Gasteiger partial charge is 0.459 e. The first-order valence-corrected chi connectivity index (χ1v) is 7.86. The molecule has 3 rings (SSSR count). The Morgan fingerprint density at radius 2 is 1.95 bits per heavy atom. The van der Waals surface area contributed by atoms with Crippen LogP contribution in [0.15, 0.2) is 28.7 Å². The van der Waals surface area contributed by atoms with Gasteiger partial charge in [0.1, 0.15) is 11.3 Å². The van der Waals surface area contributed by atoms with Gasteiger partial charge in [-0.3, -0.25) is 0 Å². The molecular formula is C17H22ClNO. The van der Waals surface area contributed by atoms with Gasteiger partial charge in [-0.2, -0.15) is 0 Å². The molecule has 1 aromatic carbocycles. The van der Waals surface area contributed by atoms with Crippen LogP contribution in [0.3, 0.4) is 0 Å². The predicted octanol–water partition coefficient (Wildman–Crippen LogP) is 5.32. The van der Waals surface area contributed by atoms with E-state index in [9.17, 15) is 0 Å². The second-order valence-electron chi connectivity index (χ2n) is 6.27. The lowest BCUT2D eigenvalue weighted by molar-refractivity contribution is 0.136. The van der Waals surface area contributed by atoms with Crippen LogP contribution in [0.4, 0.5) is 0 Å². The van der Waals surface area contributed by atoms with E-state index >= 15 is 0 Å². The number of hydrogen-bond acceptors (Lipinski definition) is 2. The summed E-state index contributed by atoms with van der Waals surface area (Å²) in [6.45, 7) is 2.38. The maximum absolute atomic E-state index is 6.07. The van der Waals surface area contributed by atoms with Crippen molar-refractivity contribution in [1.82, 2.24) is 5.32 Å². The second-order valence-corrected chi connectivity index (χ2v) is 6.70. The van der Waals surface area contributed by atoms with Crippen LogP contribution in [-0.2, 0) is 0 Å². The van der Waals surface area contributed by atoms with Crippen LogP contribution in [-0.4, -0.2) is 7.05 Å². The number of halogens is 1. The molecule has 1 aliphatic rings. The Morgan fingerprint density at radius 1 is 1.20 bits per heavy atom. The van der Waals surface area contributed by atoms with E-state index in [4.69, 9.17) is 16.0 Å². The fourth-order valence-corrected chi connectivity index (χ4v) is 3.84. The molecule has 1 atom stereocenters. The normalized spacial score (nSPS) is 20.1. The van der Waals surface area contributed by atoms with Crippen molar-refractivity contribution >= 4 is 22.6 Å². The molecule has 0 bridgehead atoms. The Hall–Kier alpha value is -0.990. The van der Waals surface area contributed by atoms with E-state index in [1.54, 1.807) is 0 Å². The molecule has 1 aromatic heterocycles. The van der Waals surface area contributed by atoms with Gasteiger partial charge in [0, 0.05) is 10.4 Å². The highest BCUT2D eigenvalue weighted by atomic mass is 35.5. The lowest BCUT2D eigenvalue weighted by Crippen LogP contribution is -2.35. The van der Waals surface area contributed by atoms with Gasteiger partial charge < -0.3 is 9.73 Å². The number of benzene rings is 1. The van der Waals surface area contributed by atoms with Crippen LogP contribution in [0, 0.1) is 5.41 Å². The summed E-state index contributed by atoms with van der Waals surface area (Å²) < 4.78 is 6.07. The summed E-state index contributed by atoms with van der Waals surface area (Å²) >= 11 is 6.06. The molecule has 2 aromatic rings. The maximum Gasteiger partial charge on any atom is 0.134 e. The van der Waals surface area contributed by atoms with Gasteiger partial charge in [0.05, 0.1) is 6.04 Å². The van der Waals surface area contributed by atoms with Gasteiger partial charge in [0.2, 0.25) is 0 Å². The molecule has 1 unspecified atom stereocenters. The van der Waals surface area contributed by atoms with Crippen molar-refractivity contribution in [2.24, 2.45) is 5.41 Å². The lowest BCUT2D eigenvalue weighted by Gasteiger charge is -2.39. The van der Waals surface area contributed by atoms with Crippen LogP contribution in [0.5, 0.6) is 0 Å². The van der Waals surface area contributed by atoms with Gasteiger partial charge in [-0.15, -0.1) is 0 Å². The zero-order valence-corrected chi connectivity index (χ0v) is 13.0. The first-order valence-electron chi connectivity index (χ1n) is 7.49. The first kappa shape index (κ1) is 14.0. The quantitative estimate of drug-likeness (QED) is 0.828. The van der Waals surface area contributed by atoms with Crippen molar-refractivity contribution in [3.63, 3.8) is 0 Å². The van der Waals surface area contributed by atoms with Crippen molar-refractivity contribution in [1.29, 1.82) is 0 Å². The molecule has 20 heavy (non-hydrogen) atoms. The number of rotatable bonds is 3. The fraction of sp³-hybridized carbons (Fsp3) is 0.529. The van der Waals surface area contributed by atoms with E-state index in [0.717, 1.165) is 21.8 Å². The third-order valence-corrected chi connectivity index (χ3v) is 5.00. The molecule has 3 heteroatoms. The van der Waals surface area contributed by atoms with E-state index in [1.165, 1.54) is 32.1 Å². The minimum atomic E-state index is 0.272. The molecule has 1 heterocycles. The highest BCUT2D eigenvalue weighted by Gasteiger charge is 2.37. The van der Waals surface area contributed by atoms with Gasteiger partial charge >= 0.3 is 0 Å². The third kappa shape index (κ3) is 2.47. The van der Waals surface area contributed by atoms with Crippen LogP contribution < -0.4 is 5.32 Å². The smallest absolute Gasteiger partial charge is 0.134 e. The summed E-state index contributed by atoms with van der Waals surface area (Å²) in [5, 5.41) is 5.33. The maximum atomic E-state index is 6.07. The van der Waals surface area contributed by atoms with Gasteiger partial charge in [-0.25, -0.2) is 0 Å². The molecule has 1 N–H and O–H groups in total. The van der Waals surface area contributed by atoms with Crippen molar-refractivity contribution in [3.05, 3.63) is 35.0 Å². The van der Waals surface area contributed by atoms with Crippen molar-refractivity contribution in [2.75, 3.05) is 7.05 Å². The monoisotopic (exact) mass is 291 g/mol. The van der Waals surface area contributed by atoms with E-state index in [0.29, 0.717) is 0 Å². The van der Waals surface area contributed by atoms with E-state index < -0.39 is 0 Å². The van der Waals surface area contributed by atoms with Gasteiger partial charge in [0.25, 0.3) is 0 Å². The second kappa shape index (κ2) is 5.42. The summed E-state index contributed by atoms with van der Waals surface area (Å²) in [5.41, 5.74) is 1.20. The number of fused-ring (bicyclic) bond motifs is 1. The Bertz CT molecular complexity index is 598. The van der Waals surface area contributed by atoms with E-state index in [1.807, 2.05) is 25.2 Å². The average Bonchev–Trinajstić information content (AvgIpc) is 2.82. The summed E-state index contributed by atoms with van der Waals surface area (Å²) in [5.74, 6) is 1.04. The molecule has 1 saturated carbocycles. The molecule has 0 radical (unpaired) electrons. The van der Waals surface area contributed by atoms with E-state index in [2.05, 4.69) is 18.3 Å². The SMILES string of the molecule is CNC(c1cc2cc(Cl)ccc2o1)C1(C)CCCCC1.